The number of azo groups is 1. The number of ether oxygens (including phenoxy) is 2. The summed E-state index contributed by atoms with van der Waals surface area (Å²) >= 11 is 0. The van der Waals surface area contributed by atoms with Crippen molar-refractivity contribution in [3.05, 3.63) is 53.3 Å². The maximum absolute atomic E-state index is 12.0. The number of nitrogens with zero attached hydrogens (tertiary/aromatic N) is 2. The van der Waals surface area contributed by atoms with Crippen LogP contribution in [0, 0.1) is 0 Å². The molecule has 7 nitrogen and oxygen atoms in total. The molecule has 1 aliphatic carbocycles. The Bertz CT molecular complexity index is 741. The van der Waals surface area contributed by atoms with Gasteiger partial charge in [0.25, 0.3) is 0 Å². The molecule has 2 rings (SSSR count). The van der Waals surface area contributed by atoms with Crippen molar-refractivity contribution in [1.29, 1.82) is 0 Å². The summed E-state index contributed by atoms with van der Waals surface area (Å²) in [5, 5.41) is 8.06. The highest BCUT2D eigenvalue weighted by molar-refractivity contribution is 5.96. The van der Waals surface area contributed by atoms with Gasteiger partial charge >= 0.3 is 11.9 Å². The SMILES string of the molecule is CCOC(=O)c1cc(N=NC2=CCC(=O)C=C2)cc(C(=O)OCC)c1. The van der Waals surface area contributed by atoms with Crippen molar-refractivity contribution < 1.29 is 23.9 Å². The zero-order valence-electron chi connectivity index (χ0n) is 14.0. The van der Waals surface area contributed by atoms with Gasteiger partial charge in [-0.25, -0.2) is 9.59 Å². The number of rotatable bonds is 6. The summed E-state index contributed by atoms with van der Waals surface area (Å²) in [4.78, 5) is 35.1. The molecule has 0 amide bonds. The molecule has 0 fully saturated rings. The first-order valence-electron chi connectivity index (χ1n) is 7.85. The molecule has 0 radical (unpaired) electrons. The van der Waals surface area contributed by atoms with Crippen LogP contribution in [0.5, 0.6) is 0 Å². The van der Waals surface area contributed by atoms with Gasteiger partial charge in [0.1, 0.15) is 0 Å². The molecule has 130 valence electrons. The molecule has 25 heavy (non-hydrogen) atoms. The Kier molecular flexibility index (Phi) is 6.33. The van der Waals surface area contributed by atoms with E-state index in [2.05, 4.69) is 10.2 Å². The van der Waals surface area contributed by atoms with Crippen molar-refractivity contribution in [3.63, 3.8) is 0 Å². The lowest BCUT2D eigenvalue weighted by Crippen LogP contribution is -2.09. The van der Waals surface area contributed by atoms with Gasteiger partial charge in [-0.15, -0.1) is 0 Å². The lowest BCUT2D eigenvalue weighted by Gasteiger charge is -2.07. The Morgan fingerprint density at radius 3 is 2.04 bits per heavy atom. The van der Waals surface area contributed by atoms with E-state index in [1.165, 1.54) is 24.3 Å². The van der Waals surface area contributed by atoms with E-state index < -0.39 is 11.9 Å². The monoisotopic (exact) mass is 342 g/mol. The fourth-order valence-electron chi connectivity index (χ4n) is 2.04. The average molecular weight is 342 g/mol. The zero-order valence-corrected chi connectivity index (χ0v) is 14.0. The lowest BCUT2D eigenvalue weighted by atomic mass is 10.1. The normalized spacial score (nSPS) is 13.7. The second-order valence-electron chi connectivity index (χ2n) is 5.04. The summed E-state index contributed by atoms with van der Waals surface area (Å²) in [5.41, 5.74) is 1.20. The van der Waals surface area contributed by atoms with Crippen molar-refractivity contribution in [2.24, 2.45) is 10.2 Å². The van der Waals surface area contributed by atoms with Crippen molar-refractivity contribution in [3.8, 4) is 0 Å². The zero-order chi connectivity index (χ0) is 18.2. The summed E-state index contributed by atoms with van der Waals surface area (Å²) < 4.78 is 9.92. The molecular formula is C18H18N2O5. The molecule has 1 aromatic rings. The molecule has 1 aliphatic rings. The molecule has 0 aliphatic heterocycles. The second kappa shape index (κ2) is 8.68. The molecule has 0 N–H and O–H groups in total. The van der Waals surface area contributed by atoms with Crippen LogP contribution >= 0.6 is 0 Å². The minimum Gasteiger partial charge on any atom is -0.462 e. The number of carbonyl (C=O) groups excluding carboxylic acids is 3. The van der Waals surface area contributed by atoms with Crippen molar-refractivity contribution in [2.75, 3.05) is 13.2 Å². The largest absolute Gasteiger partial charge is 0.462 e. The average Bonchev–Trinajstić information content (AvgIpc) is 2.61. The minimum atomic E-state index is -0.563. The van der Waals surface area contributed by atoms with E-state index in [0.29, 0.717) is 11.4 Å². The predicted molar refractivity (Wildman–Crippen MR) is 89.7 cm³/mol. The number of carbonyl (C=O) groups is 3. The summed E-state index contributed by atoms with van der Waals surface area (Å²) in [5.74, 6) is -1.13. The maximum Gasteiger partial charge on any atom is 0.338 e. The molecule has 0 atom stereocenters. The van der Waals surface area contributed by atoms with Crippen LogP contribution in [0.25, 0.3) is 0 Å². The van der Waals surface area contributed by atoms with Gasteiger partial charge in [0.15, 0.2) is 5.78 Å². The third-order valence-electron chi connectivity index (χ3n) is 3.17. The molecule has 0 spiro atoms. The summed E-state index contributed by atoms with van der Waals surface area (Å²) in [6, 6.07) is 4.35. The number of ketones is 1. The highest BCUT2D eigenvalue weighted by Gasteiger charge is 2.15. The quantitative estimate of drug-likeness (QED) is 0.582. The number of allylic oxidation sites excluding steroid dienone is 3. The molecule has 1 aromatic carbocycles. The van der Waals surface area contributed by atoms with Crippen molar-refractivity contribution in [1.82, 2.24) is 0 Å². The van der Waals surface area contributed by atoms with Gasteiger partial charge in [-0.05, 0) is 50.3 Å². The Morgan fingerprint density at radius 1 is 0.960 bits per heavy atom. The third kappa shape index (κ3) is 5.20. The molecular weight excluding hydrogens is 324 g/mol. The van der Waals surface area contributed by atoms with Crippen LogP contribution in [0.3, 0.4) is 0 Å². The first-order valence-corrected chi connectivity index (χ1v) is 7.85. The fourth-order valence-corrected chi connectivity index (χ4v) is 2.04. The first kappa shape index (κ1) is 18.3. The molecule has 0 aromatic heterocycles. The van der Waals surface area contributed by atoms with Gasteiger partial charge in [-0.1, -0.05) is 0 Å². The first-order chi connectivity index (χ1) is 12.0. The maximum atomic E-state index is 12.0. The lowest BCUT2D eigenvalue weighted by molar-refractivity contribution is -0.113. The van der Waals surface area contributed by atoms with E-state index in [1.807, 2.05) is 0 Å². The number of hydrogen-bond acceptors (Lipinski definition) is 7. The molecule has 7 heteroatoms. The Hall–Kier alpha value is -3.09. The van der Waals surface area contributed by atoms with E-state index in [0.717, 1.165) is 0 Å². The standard InChI is InChI=1S/C18H18N2O5/c1-3-24-17(22)12-9-13(18(23)25-4-2)11-15(10-12)20-19-14-5-7-16(21)8-6-14/h5-7,9-11H,3-4,8H2,1-2H3. The number of esters is 2. The van der Waals surface area contributed by atoms with E-state index in [4.69, 9.17) is 9.47 Å². The molecule has 0 saturated carbocycles. The van der Waals surface area contributed by atoms with Crippen LogP contribution in [0.1, 0.15) is 41.0 Å². The van der Waals surface area contributed by atoms with Gasteiger partial charge in [-0.3, -0.25) is 4.79 Å². The number of hydrogen-bond donors (Lipinski definition) is 0. The van der Waals surface area contributed by atoms with Crippen molar-refractivity contribution in [2.45, 2.75) is 20.3 Å². The van der Waals surface area contributed by atoms with Crippen LogP contribution in [-0.2, 0) is 14.3 Å². The van der Waals surface area contributed by atoms with Gasteiger partial charge in [0.05, 0.1) is 35.7 Å². The summed E-state index contributed by atoms with van der Waals surface area (Å²) in [6.45, 7) is 3.81. The van der Waals surface area contributed by atoms with E-state index in [9.17, 15) is 14.4 Å². The van der Waals surface area contributed by atoms with Crippen molar-refractivity contribution >= 4 is 23.4 Å². The minimum absolute atomic E-state index is 0.00662. The summed E-state index contributed by atoms with van der Waals surface area (Å²) in [7, 11) is 0. The molecule has 0 heterocycles. The van der Waals surface area contributed by atoms with Gasteiger partial charge in [0.2, 0.25) is 0 Å². The van der Waals surface area contributed by atoms with Crippen LogP contribution in [0.4, 0.5) is 5.69 Å². The topological polar surface area (TPSA) is 94.4 Å². The smallest absolute Gasteiger partial charge is 0.338 e. The van der Waals surface area contributed by atoms with Gasteiger partial charge in [0, 0.05) is 6.42 Å². The number of benzene rings is 1. The third-order valence-corrected chi connectivity index (χ3v) is 3.17. The molecule has 0 bridgehead atoms. The Balaban J connectivity index is 2.32. The van der Waals surface area contributed by atoms with E-state index in [-0.39, 0.29) is 36.5 Å². The van der Waals surface area contributed by atoms with Crippen LogP contribution in [0.15, 0.2) is 52.4 Å². The second-order valence-corrected chi connectivity index (χ2v) is 5.04. The highest BCUT2D eigenvalue weighted by atomic mass is 16.5. The summed E-state index contributed by atoms with van der Waals surface area (Å²) in [6.07, 6.45) is 4.89. The van der Waals surface area contributed by atoms with E-state index >= 15 is 0 Å². The Labute approximate surface area is 145 Å². The predicted octanol–water partition coefficient (Wildman–Crippen LogP) is 3.54. The van der Waals surface area contributed by atoms with Crippen LogP contribution in [-0.4, -0.2) is 30.9 Å². The van der Waals surface area contributed by atoms with Gasteiger partial charge < -0.3 is 9.47 Å². The Morgan fingerprint density at radius 2 is 1.56 bits per heavy atom. The van der Waals surface area contributed by atoms with Gasteiger partial charge in [-0.2, -0.15) is 10.2 Å². The van der Waals surface area contributed by atoms with Crippen LogP contribution < -0.4 is 0 Å². The molecule has 0 unspecified atom stereocenters. The van der Waals surface area contributed by atoms with E-state index in [1.54, 1.807) is 26.0 Å². The molecule has 0 saturated heterocycles. The highest BCUT2D eigenvalue weighted by Crippen LogP contribution is 2.22. The fraction of sp³-hybridized carbons (Fsp3) is 0.278. The van der Waals surface area contributed by atoms with Crippen LogP contribution in [0.2, 0.25) is 0 Å².